The summed E-state index contributed by atoms with van der Waals surface area (Å²) in [5.74, 6) is 0.156. The first-order valence-electron chi connectivity index (χ1n) is 6.49. The molecule has 4 nitrogen and oxygen atoms in total. The second kappa shape index (κ2) is 5.84. The van der Waals surface area contributed by atoms with Crippen molar-refractivity contribution < 1.29 is 13.2 Å². The molecule has 19 heavy (non-hydrogen) atoms. The van der Waals surface area contributed by atoms with Crippen LogP contribution in [0.4, 0.5) is 0 Å². The summed E-state index contributed by atoms with van der Waals surface area (Å²) in [5.41, 5.74) is 2.25. The zero-order chi connectivity index (χ0) is 13.9. The Morgan fingerprint density at radius 1 is 1.37 bits per heavy atom. The van der Waals surface area contributed by atoms with Crippen LogP contribution in [0.25, 0.3) is 0 Å². The van der Waals surface area contributed by atoms with Crippen molar-refractivity contribution in [1.29, 1.82) is 0 Å². The lowest BCUT2D eigenvalue weighted by molar-refractivity contribution is -0.121. The summed E-state index contributed by atoms with van der Waals surface area (Å²) < 4.78 is 22.1. The third kappa shape index (κ3) is 3.88. The minimum atomic E-state index is -2.98. The van der Waals surface area contributed by atoms with Gasteiger partial charge in [-0.2, -0.15) is 0 Å². The highest BCUT2D eigenvalue weighted by Gasteiger charge is 2.25. The molecule has 0 fully saturated rings. The predicted molar refractivity (Wildman–Crippen MR) is 74.8 cm³/mol. The average molecular weight is 281 g/mol. The SMILES string of the molecule is CS(=O)(=O)CCCC(=O)C1NCCc2ccccc21. The molecule has 1 aliphatic rings. The number of fused-ring (bicyclic) bond motifs is 1. The van der Waals surface area contributed by atoms with Crippen molar-refractivity contribution in [2.45, 2.75) is 25.3 Å². The van der Waals surface area contributed by atoms with Gasteiger partial charge < -0.3 is 5.32 Å². The Bertz CT molecular complexity index is 566. The normalized spacial score (nSPS) is 18.9. The minimum absolute atomic E-state index is 0.0765. The number of sulfone groups is 1. The van der Waals surface area contributed by atoms with Gasteiger partial charge in [0.25, 0.3) is 0 Å². The molecule has 0 saturated carbocycles. The van der Waals surface area contributed by atoms with E-state index in [1.165, 1.54) is 11.8 Å². The quantitative estimate of drug-likeness (QED) is 0.883. The van der Waals surface area contributed by atoms with Crippen LogP contribution in [0.1, 0.15) is 30.0 Å². The van der Waals surface area contributed by atoms with Crippen LogP contribution < -0.4 is 5.32 Å². The molecule has 0 aromatic heterocycles. The number of hydrogen-bond donors (Lipinski definition) is 1. The molecule has 1 aromatic rings. The number of hydrogen-bond acceptors (Lipinski definition) is 4. The van der Waals surface area contributed by atoms with E-state index in [-0.39, 0.29) is 17.6 Å². The molecule has 1 unspecified atom stereocenters. The zero-order valence-electron chi connectivity index (χ0n) is 11.1. The van der Waals surface area contributed by atoms with Crippen LogP contribution in [0.3, 0.4) is 0 Å². The van der Waals surface area contributed by atoms with Crippen LogP contribution in [0, 0.1) is 0 Å². The largest absolute Gasteiger partial charge is 0.303 e. The summed E-state index contributed by atoms with van der Waals surface area (Å²) in [5, 5.41) is 3.22. The van der Waals surface area contributed by atoms with Crippen LogP contribution in [0.15, 0.2) is 24.3 Å². The van der Waals surface area contributed by atoms with Crippen molar-refractivity contribution >= 4 is 15.6 Å². The molecule has 1 atom stereocenters. The Morgan fingerprint density at radius 2 is 2.11 bits per heavy atom. The van der Waals surface area contributed by atoms with Crippen molar-refractivity contribution in [1.82, 2.24) is 5.32 Å². The zero-order valence-corrected chi connectivity index (χ0v) is 11.9. The van der Waals surface area contributed by atoms with Crippen molar-refractivity contribution in [3.8, 4) is 0 Å². The summed E-state index contributed by atoms with van der Waals surface area (Å²) in [4.78, 5) is 12.2. The van der Waals surface area contributed by atoms with Crippen molar-refractivity contribution in [2.24, 2.45) is 0 Å². The molecule has 1 heterocycles. The van der Waals surface area contributed by atoms with Gasteiger partial charge in [0.1, 0.15) is 9.84 Å². The number of nitrogens with one attached hydrogen (secondary N) is 1. The van der Waals surface area contributed by atoms with E-state index in [1.54, 1.807) is 0 Å². The molecule has 0 radical (unpaired) electrons. The first-order valence-corrected chi connectivity index (χ1v) is 8.55. The van der Waals surface area contributed by atoms with E-state index in [9.17, 15) is 13.2 Å². The van der Waals surface area contributed by atoms with Crippen LogP contribution in [-0.4, -0.2) is 32.8 Å². The number of benzene rings is 1. The molecule has 0 spiro atoms. The fourth-order valence-corrected chi connectivity index (χ4v) is 3.11. The van der Waals surface area contributed by atoms with E-state index in [4.69, 9.17) is 0 Å². The van der Waals surface area contributed by atoms with Gasteiger partial charge in [0.2, 0.25) is 0 Å². The summed E-state index contributed by atoms with van der Waals surface area (Å²) in [7, 11) is -2.98. The summed E-state index contributed by atoms with van der Waals surface area (Å²) >= 11 is 0. The van der Waals surface area contributed by atoms with Crippen LogP contribution in [-0.2, 0) is 21.1 Å². The monoisotopic (exact) mass is 281 g/mol. The van der Waals surface area contributed by atoms with Gasteiger partial charge in [-0.3, -0.25) is 4.79 Å². The topological polar surface area (TPSA) is 63.2 Å². The van der Waals surface area contributed by atoms with E-state index in [0.29, 0.717) is 12.8 Å². The molecule has 1 aromatic carbocycles. The molecular formula is C14H19NO3S. The first-order chi connectivity index (χ1) is 8.97. The average Bonchev–Trinajstić information content (AvgIpc) is 2.36. The fraction of sp³-hybridized carbons (Fsp3) is 0.500. The number of rotatable bonds is 5. The number of carbonyl (C=O) groups is 1. The van der Waals surface area contributed by atoms with E-state index >= 15 is 0 Å². The van der Waals surface area contributed by atoms with Crippen LogP contribution in [0.2, 0.25) is 0 Å². The molecular weight excluding hydrogens is 262 g/mol. The molecule has 0 aliphatic carbocycles. The number of carbonyl (C=O) groups excluding carboxylic acids is 1. The molecule has 0 amide bonds. The molecule has 104 valence electrons. The maximum absolute atomic E-state index is 12.2. The standard InChI is InChI=1S/C14H19NO3S/c1-19(17,18)10-4-7-13(16)14-12-6-3-2-5-11(12)8-9-15-14/h2-3,5-6,14-15H,4,7-10H2,1H3. The summed E-state index contributed by atoms with van der Waals surface area (Å²) in [6.07, 6.45) is 2.84. The second-order valence-corrected chi connectivity index (χ2v) is 7.30. The van der Waals surface area contributed by atoms with Gasteiger partial charge in [0, 0.05) is 19.2 Å². The first kappa shape index (κ1) is 14.2. The smallest absolute Gasteiger partial charge is 0.154 e. The van der Waals surface area contributed by atoms with E-state index in [1.807, 2.05) is 24.3 Å². The lowest BCUT2D eigenvalue weighted by atomic mass is 9.91. The van der Waals surface area contributed by atoms with Gasteiger partial charge >= 0.3 is 0 Å². The maximum atomic E-state index is 12.2. The Labute approximate surface area is 114 Å². The molecule has 2 rings (SSSR count). The Hall–Kier alpha value is -1.20. The van der Waals surface area contributed by atoms with E-state index in [0.717, 1.165) is 18.5 Å². The van der Waals surface area contributed by atoms with Gasteiger partial charge in [-0.1, -0.05) is 24.3 Å². The Balaban J connectivity index is 2.01. The lowest BCUT2D eigenvalue weighted by Crippen LogP contribution is -2.35. The van der Waals surface area contributed by atoms with Gasteiger partial charge in [-0.15, -0.1) is 0 Å². The highest BCUT2D eigenvalue weighted by Crippen LogP contribution is 2.24. The summed E-state index contributed by atoms with van der Waals surface area (Å²) in [6, 6.07) is 7.66. The van der Waals surface area contributed by atoms with Gasteiger partial charge in [0.15, 0.2) is 5.78 Å². The molecule has 5 heteroatoms. The van der Waals surface area contributed by atoms with Gasteiger partial charge in [0.05, 0.1) is 11.8 Å². The fourth-order valence-electron chi connectivity index (χ4n) is 2.44. The Kier molecular flexibility index (Phi) is 4.37. The lowest BCUT2D eigenvalue weighted by Gasteiger charge is -2.25. The van der Waals surface area contributed by atoms with Gasteiger partial charge in [-0.25, -0.2) is 8.42 Å². The highest BCUT2D eigenvalue weighted by atomic mass is 32.2. The van der Waals surface area contributed by atoms with Crippen LogP contribution >= 0.6 is 0 Å². The highest BCUT2D eigenvalue weighted by molar-refractivity contribution is 7.90. The van der Waals surface area contributed by atoms with Crippen molar-refractivity contribution in [3.05, 3.63) is 35.4 Å². The predicted octanol–water partition coefficient (Wildman–Crippen LogP) is 1.27. The summed E-state index contributed by atoms with van der Waals surface area (Å²) in [6.45, 7) is 0.791. The van der Waals surface area contributed by atoms with E-state index < -0.39 is 9.84 Å². The van der Waals surface area contributed by atoms with E-state index in [2.05, 4.69) is 5.32 Å². The third-order valence-electron chi connectivity index (χ3n) is 3.37. The molecule has 1 N–H and O–H groups in total. The third-order valence-corrected chi connectivity index (χ3v) is 4.40. The van der Waals surface area contributed by atoms with Crippen molar-refractivity contribution in [3.63, 3.8) is 0 Å². The number of Topliss-reactive ketones (excluding diaryl/α,β-unsaturated/α-hetero) is 1. The molecule has 0 saturated heterocycles. The molecule has 0 bridgehead atoms. The molecule has 1 aliphatic heterocycles. The number of ketones is 1. The second-order valence-electron chi connectivity index (χ2n) is 5.04. The minimum Gasteiger partial charge on any atom is -0.303 e. The van der Waals surface area contributed by atoms with Gasteiger partial charge in [-0.05, 0) is 24.0 Å². The van der Waals surface area contributed by atoms with Crippen molar-refractivity contribution in [2.75, 3.05) is 18.6 Å². The van der Waals surface area contributed by atoms with Crippen LogP contribution in [0.5, 0.6) is 0 Å². The maximum Gasteiger partial charge on any atom is 0.154 e. The Morgan fingerprint density at radius 3 is 2.84 bits per heavy atom.